The number of carbonyl (C=O) groups excluding carboxylic acids is 1. The highest BCUT2D eigenvalue weighted by Gasteiger charge is 2.23. The van der Waals surface area contributed by atoms with Crippen LogP contribution >= 0.6 is 0 Å². The molecule has 7 heteroatoms. The van der Waals surface area contributed by atoms with E-state index >= 15 is 0 Å². The molecule has 2 N–H and O–H groups in total. The summed E-state index contributed by atoms with van der Waals surface area (Å²) in [5, 5.41) is 11.8. The van der Waals surface area contributed by atoms with Crippen LogP contribution in [0.15, 0.2) is 48.7 Å². The van der Waals surface area contributed by atoms with Gasteiger partial charge in [-0.3, -0.25) is 9.59 Å². The van der Waals surface area contributed by atoms with Crippen molar-refractivity contribution >= 4 is 11.9 Å². The van der Waals surface area contributed by atoms with Crippen molar-refractivity contribution in [1.82, 2.24) is 10.3 Å². The summed E-state index contributed by atoms with van der Waals surface area (Å²) in [6.45, 7) is 0.501. The van der Waals surface area contributed by atoms with Gasteiger partial charge in [0.2, 0.25) is 5.88 Å². The van der Waals surface area contributed by atoms with Gasteiger partial charge in [0.1, 0.15) is 5.75 Å². The lowest BCUT2D eigenvalue weighted by Crippen LogP contribution is -2.49. The average Bonchev–Trinajstić information content (AvgIpc) is 2.54. The number of likely N-dealkylation sites (N-methyl/N-ethyl adjacent to an activating group) is 1. The van der Waals surface area contributed by atoms with Crippen LogP contribution in [0.2, 0.25) is 0 Å². The molecule has 0 saturated carbocycles. The standard InChI is InChI=1S/C19H23N3O4/c1-22(2,3)13-15(11-18(23)24)21-19(25)14-9-10-17(20-12-14)26-16-7-5-4-6-8-16/h4-10,12,15H,11,13H2,1-3H3,(H-,21,23,24,25)/p+1/t15-/m1/s1. The number of nitrogens with zero attached hydrogens (tertiary/aromatic N) is 2. The van der Waals surface area contributed by atoms with E-state index in [1.165, 1.54) is 6.20 Å². The summed E-state index contributed by atoms with van der Waals surface area (Å²) in [7, 11) is 5.83. The van der Waals surface area contributed by atoms with E-state index in [0.29, 0.717) is 28.2 Å². The predicted molar refractivity (Wildman–Crippen MR) is 97.2 cm³/mol. The fourth-order valence-corrected chi connectivity index (χ4v) is 2.49. The molecule has 0 unspecified atom stereocenters. The second kappa shape index (κ2) is 8.44. The van der Waals surface area contributed by atoms with E-state index in [1.54, 1.807) is 12.1 Å². The van der Waals surface area contributed by atoms with Gasteiger partial charge in [-0.2, -0.15) is 0 Å². The molecule has 26 heavy (non-hydrogen) atoms. The van der Waals surface area contributed by atoms with E-state index in [-0.39, 0.29) is 12.3 Å². The van der Waals surface area contributed by atoms with Crippen LogP contribution in [-0.4, -0.2) is 60.2 Å². The highest BCUT2D eigenvalue weighted by molar-refractivity contribution is 5.94. The van der Waals surface area contributed by atoms with Gasteiger partial charge in [0, 0.05) is 12.3 Å². The van der Waals surface area contributed by atoms with Gasteiger partial charge in [-0.15, -0.1) is 0 Å². The van der Waals surface area contributed by atoms with Crippen LogP contribution in [0.25, 0.3) is 0 Å². The normalized spacial score (nSPS) is 12.3. The molecule has 1 atom stereocenters. The molecule has 1 amide bonds. The molecule has 138 valence electrons. The van der Waals surface area contributed by atoms with Gasteiger partial charge in [-0.05, 0) is 18.2 Å². The Morgan fingerprint density at radius 1 is 1.15 bits per heavy atom. The minimum absolute atomic E-state index is 0.135. The van der Waals surface area contributed by atoms with E-state index in [1.807, 2.05) is 51.5 Å². The van der Waals surface area contributed by atoms with Gasteiger partial charge in [-0.1, -0.05) is 18.2 Å². The molecule has 2 aromatic rings. The lowest BCUT2D eigenvalue weighted by atomic mass is 10.1. The zero-order valence-electron chi connectivity index (χ0n) is 15.2. The maximum absolute atomic E-state index is 12.4. The van der Waals surface area contributed by atoms with Crippen molar-refractivity contribution in [3.05, 3.63) is 54.2 Å². The molecular formula is C19H24N3O4+. The first-order chi connectivity index (χ1) is 12.2. The van der Waals surface area contributed by atoms with E-state index < -0.39 is 12.0 Å². The number of nitrogens with one attached hydrogen (secondary N) is 1. The number of carboxylic acid groups (broad SMARTS) is 1. The highest BCUT2D eigenvalue weighted by Crippen LogP contribution is 2.18. The molecular weight excluding hydrogens is 334 g/mol. The second-order valence-corrected chi connectivity index (χ2v) is 7.04. The number of hydrogen-bond acceptors (Lipinski definition) is 4. The number of aromatic nitrogens is 1. The first-order valence-electron chi connectivity index (χ1n) is 8.25. The van der Waals surface area contributed by atoms with E-state index in [9.17, 15) is 9.59 Å². The van der Waals surface area contributed by atoms with Crippen LogP contribution in [0, 0.1) is 0 Å². The number of ether oxygens (including phenoxy) is 1. The number of carboxylic acids is 1. The van der Waals surface area contributed by atoms with E-state index in [4.69, 9.17) is 9.84 Å². The van der Waals surface area contributed by atoms with Crippen molar-refractivity contribution < 1.29 is 23.9 Å². The molecule has 2 rings (SSSR count). The summed E-state index contributed by atoms with van der Waals surface area (Å²) in [6.07, 6.45) is 1.28. The third-order valence-corrected chi connectivity index (χ3v) is 3.49. The van der Waals surface area contributed by atoms with Crippen molar-refractivity contribution in [3.63, 3.8) is 0 Å². The van der Waals surface area contributed by atoms with Crippen molar-refractivity contribution in [2.45, 2.75) is 12.5 Å². The van der Waals surface area contributed by atoms with Gasteiger partial charge < -0.3 is 19.6 Å². The van der Waals surface area contributed by atoms with Gasteiger partial charge in [0.05, 0.1) is 45.7 Å². The quantitative estimate of drug-likeness (QED) is 0.706. The zero-order chi connectivity index (χ0) is 19.2. The Labute approximate surface area is 152 Å². The van der Waals surface area contributed by atoms with Gasteiger partial charge in [-0.25, -0.2) is 4.98 Å². The van der Waals surface area contributed by atoms with Crippen LogP contribution in [0.1, 0.15) is 16.8 Å². The molecule has 1 aromatic carbocycles. The lowest BCUT2D eigenvalue weighted by molar-refractivity contribution is -0.871. The number of benzene rings is 1. The third kappa shape index (κ3) is 6.52. The molecule has 0 radical (unpaired) electrons. The van der Waals surface area contributed by atoms with Crippen LogP contribution in [-0.2, 0) is 4.79 Å². The Balaban J connectivity index is 2.02. The van der Waals surface area contributed by atoms with Gasteiger partial charge >= 0.3 is 5.97 Å². The Morgan fingerprint density at radius 2 is 1.85 bits per heavy atom. The summed E-state index contributed by atoms with van der Waals surface area (Å²) in [5.41, 5.74) is 0.349. The molecule has 0 fully saturated rings. The minimum Gasteiger partial charge on any atom is -0.481 e. The SMILES string of the molecule is C[N+](C)(C)C[C@@H](CC(=O)O)NC(=O)c1ccc(Oc2ccccc2)nc1. The first-order valence-corrected chi connectivity index (χ1v) is 8.25. The molecule has 0 saturated heterocycles. The van der Waals surface area contributed by atoms with Gasteiger partial charge in [0.15, 0.2) is 0 Å². The largest absolute Gasteiger partial charge is 0.481 e. The average molecular weight is 358 g/mol. The van der Waals surface area contributed by atoms with Crippen molar-refractivity contribution in [2.24, 2.45) is 0 Å². The molecule has 0 aliphatic carbocycles. The minimum atomic E-state index is -0.950. The smallest absolute Gasteiger partial charge is 0.305 e. The number of carbonyl (C=O) groups is 2. The third-order valence-electron chi connectivity index (χ3n) is 3.49. The first kappa shape index (κ1) is 19.4. The fraction of sp³-hybridized carbons (Fsp3) is 0.316. The molecule has 0 aliphatic rings. The van der Waals surface area contributed by atoms with Crippen molar-refractivity contribution in [1.29, 1.82) is 0 Å². The summed E-state index contributed by atoms with van der Waals surface area (Å²) in [5.74, 6) is -0.278. The second-order valence-electron chi connectivity index (χ2n) is 7.04. The van der Waals surface area contributed by atoms with Crippen LogP contribution in [0.3, 0.4) is 0 Å². The van der Waals surface area contributed by atoms with E-state index in [2.05, 4.69) is 10.3 Å². The molecule has 0 bridgehead atoms. The molecule has 0 aliphatic heterocycles. The maximum Gasteiger partial charge on any atom is 0.305 e. The summed E-state index contributed by atoms with van der Waals surface area (Å²) >= 11 is 0. The Kier molecular flexibility index (Phi) is 6.30. The number of rotatable bonds is 8. The number of para-hydroxylation sites is 1. The maximum atomic E-state index is 12.4. The van der Waals surface area contributed by atoms with Crippen molar-refractivity contribution in [3.8, 4) is 11.6 Å². The van der Waals surface area contributed by atoms with Gasteiger partial charge in [0.25, 0.3) is 5.91 Å². The van der Waals surface area contributed by atoms with Crippen LogP contribution < -0.4 is 10.1 Å². The topological polar surface area (TPSA) is 88.5 Å². The fourth-order valence-electron chi connectivity index (χ4n) is 2.49. The number of quaternary nitrogens is 1. The van der Waals surface area contributed by atoms with Crippen LogP contribution in [0.4, 0.5) is 0 Å². The van der Waals surface area contributed by atoms with Crippen LogP contribution in [0.5, 0.6) is 11.6 Å². The number of pyridine rings is 1. The lowest BCUT2D eigenvalue weighted by Gasteiger charge is -2.29. The zero-order valence-corrected chi connectivity index (χ0v) is 15.2. The summed E-state index contributed by atoms with van der Waals surface area (Å²) < 4.78 is 6.13. The molecule has 7 nitrogen and oxygen atoms in total. The number of aliphatic carboxylic acids is 1. The van der Waals surface area contributed by atoms with Crippen molar-refractivity contribution in [2.75, 3.05) is 27.7 Å². The molecule has 0 spiro atoms. The Bertz CT molecular complexity index is 740. The number of amides is 1. The number of hydrogen-bond donors (Lipinski definition) is 2. The van der Waals surface area contributed by atoms with E-state index in [0.717, 1.165) is 0 Å². The predicted octanol–water partition coefficient (Wildman–Crippen LogP) is 2.15. The highest BCUT2D eigenvalue weighted by atomic mass is 16.5. The molecule has 1 aromatic heterocycles. The molecule has 1 heterocycles. The summed E-state index contributed by atoms with van der Waals surface area (Å²) in [4.78, 5) is 27.6. The monoisotopic (exact) mass is 358 g/mol. The Hall–Kier alpha value is -2.93. The Morgan fingerprint density at radius 3 is 2.38 bits per heavy atom. The summed E-state index contributed by atoms with van der Waals surface area (Å²) in [6, 6.07) is 11.9.